The van der Waals surface area contributed by atoms with Gasteiger partial charge in [-0.25, -0.2) is 0 Å². The lowest BCUT2D eigenvalue weighted by molar-refractivity contribution is 0.380. The molecule has 0 fully saturated rings. The van der Waals surface area contributed by atoms with E-state index in [4.69, 9.17) is 0 Å². The van der Waals surface area contributed by atoms with Crippen LogP contribution in [0.25, 0.3) is 6.08 Å². The van der Waals surface area contributed by atoms with Gasteiger partial charge in [-0.3, -0.25) is 4.48 Å². The van der Waals surface area contributed by atoms with Crippen LogP contribution in [0, 0.1) is 0 Å². The molecule has 0 saturated carbocycles. The number of unbranched alkanes of at least 4 members (excludes halogenated alkanes) is 11. The predicted octanol–water partition coefficient (Wildman–Crippen LogP) is 7.60. The number of quaternary nitrogens is 1. The van der Waals surface area contributed by atoms with Crippen LogP contribution in [0.3, 0.4) is 0 Å². The van der Waals surface area contributed by atoms with Gasteiger partial charge in [0.15, 0.2) is 0 Å². The summed E-state index contributed by atoms with van der Waals surface area (Å²) in [5.74, 6) is 0. The third-order valence-electron chi connectivity index (χ3n) is 5.38. The summed E-state index contributed by atoms with van der Waals surface area (Å²) in [6, 6.07) is 8.66. The first kappa shape index (κ1) is 22.0. The minimum atomic E-state index is 0.958. The molecule has 0 aliphatic carbocycles. The molecule has 0 unspecified atom stereocenters. The van der Waals surface area contributed by atoms with Crippen molar-refractivity contribution < 1.29 is 0 Å². The van der Waals surface area contributed by atoms with Gasteiger partial charge in [0.2, 0.25) is 0 Å². The van der Waals surface area contributed by atoms with Crippen molar-refractivity contribution in [2.24, 2.45) is 0 Å². The maximum Gasteiger partial charge on any atom is 0.139 e. The van der Waals surface area contributed by atoms with Crippen LogP contribution < -0.4 is 4.48 Å². The smallest absolute Gasteiger partial charge is 0.139 e. The van der Waals surface area contributed by atoms with Crippen LogP contribution in [0.4, 0.5) is 5.69 Å². The highest BCUT2D eigenvalue weighted by atomic mass is 15.3. The SMILES string of the molecule is C=Cc1ccccc1[N+](C)(C)CCCCCCCCCCCCCC. The molecule has 0 aromatic heterocycles. The molecule has 0 saturated heterocycles. The molecule has 0 atom stereocenters. The molecule has 0 amide bonds. The van der Waals surface area contributed by atoms with Crippen molar-refractivity contribution in [1.82, 2.24) is 4.48 Å². The average Bonchev–Trinajstić information content (AvgIpc) is 2.62. The third-order valence-corrected chi connectivity index (χ3v) is 5.38. The Balaban J connectivity index is 2.08. The topological polar surface area (TPSA) is 0 Å². The van der Waals surface area contributed by atoms with Crippen molar-refractivity contribution in [2.75, 3.05) is 20.6 Å². The second-order valence-corrected chi connectivity index (χ2v) is 8.06. The fourth-order valence-corrected chi connectivity index (χ4v) is 3.68. The van der Waals surface area contributed by atoms with E-state index in [0.717, 1.165) is 4.48 Å². The zero-order chi connectivity index (χ0) is 18.4. The normalized spacial score (nSPS) is 11.6. The molecule has 0 N–H and O–H groups in total. The van der Waals surface area contributed by atoms with Gasteiger partial charge in [0.1, 0.15) is 5.69 Å². The first-order valence-corrected chi connectivity index (χ1v) is 10.7. The molecule has 1 aromatic carbocycles. The quantitative estimate of drug-likeness (QED) is 0.227. The van der Waals surface area contributed by atoms with Crippen molar-refractivity contribution in [3.63, 3.8) is 0 Å². The largest absolute Gasteiger partial charge is 0.295 e. The molecule has 1 rings (SSSR count). The third kappa shape index (κ3) is 9.26. The highest BCUT2D eigenvalue weighted by Gasteiger charge is 2.20. The van der Waals surface area contributed by atoms with Crippen molar-refractivity contribution >= 4 is 11.8 Å². The first-order chi connectivity index (χ1) is 12.1. The van der Waals surface area contributed by atoms with Crippen molar-refractivity contribution in [3.05, 3.63) is 36.4 Å². The molecule has 0 heterocycles. The second-order valence-electron chi connectivity index (χ2n) is 8.06. The Morgan fingerprint density at radius 2 is 1.24 bits per heavy atom. The highest BCUT2D eigenvalue weighted by molar-refractivity contribution is 5.64. The number of hydrogen-bond donors (Lipinski definition) is 0. The highest BCUT2D eigenvalue weighted by Crippen LogP contribution is 2.25. The average molecular weight is 345 g/mol. The van der Waals surface area contributed by atoms with Crippen molar-refractivity contribution in [2.45, 2.75) is 84.0 Å². The Morgan fingerprint density at radius 1 is 0.760 bits per heavy atom. The van der Waals surface area contributed by atoms with Gasteiger partial charge in [-0.05, 0) is 25.0 Å². The van der Waals surface area contributed by atoms with Gasteiger partial charge >= 0.3 is 0 Å². The number of benzene rings is 1. The molecule has 1 aromatic rings. The maximum absolute atomic E-state index is 3.96. The van der Waals surface area contributed by atoms with Crippen LogP contribution in [-0.2, 0) is 0 Å². The molecule has 1 nitrogen and oxygen atoms in total. The minimum absolute atomic E-state index is 0.958. The summed E-state index contributed by atoms with van der Waals surface area (Å²) in [6.07, 6.45) is 18.9. The van der Waals surface area contributed by atoms with Crippen LogP contribution >= 0.6 is 0 Å². The van der Waals surface area contributed by atoms with Gasteiger partial charge in [0.25, 0.3) is 0 Å². The van der Waals surface area contributed by atoms with Gasteiger partial charge in [-0.2, -0.15) is 0 Å². The lowest BCUT2D eigenvalue weighted by atomic mass is 10.0. The fraction of sp³-hybridized carbons (Fsp3) is 0.667. The van der Waals surface area contributed by atoms with E-state index in [1.807, 2.05) is 6.08 Å². The van der Waals surface area contributed by atoms with Gasteiger partial charge < -0.3 is 0 Å². The summed E-state index contributed by atoms with van der Waals surface area (Å²) in [7, 11) is 4.64. The molecule has 25 heavy (non-hydrogen) atoms. The summed E-state index contributed by atoms with van der Waals surface area (Å²) in [6.45, 7) is 7.46. The lowest BCUT2D eigenvalue weighted by Crippen LogP contribution is -2.41. The molecule has 1 heteroatoms. The van der Waals surface area contributed by atoms with Crippen molar-refractivity contribution in [3.8, 4) is 0 Å². The maximum atomic E-state index is 3.96. The van der Waals surface area contributed by atoms with Crippen LogP contribution in [0.5, 0.6) is 0 Å². The van der Waals surface area contributed by atoms with E-state index in [0.29, 0.717) is 0 Å². The summed E-state index contributed by atoms with van der Waals surface area (Å²) in [4.78, 5) is 0. The van der Waals surface area contributed by atoms with Crippen LogP contribution in [-0.4, -0.2) is 20.6 Å². The molecule has 0 aliphatic heterocycles. The number of para-hydroxylation sites is 1. The number of rotatable bonds is 15. The Bertz CT molecular complexity index is 461. The van der Waals surface area contributed by atoms with E-state index in [9.17, 15) is 0 Å². The predicted molar refractivity (Wildman–Crippen MR) is 116 cm³/mol. The molecule has 0 aliphatic rings. The van der Waals surface area contributed by atoms with E-state index in [2.05, 4.69) is 51.9 Å². The number of nitrogens with zero attached hydrogens (tertiary/aromatic N) is 1. The van der Waals surface area contributed by atoms with E-state index < -0.39 is 0 Å². The zero-order valence-corrected chi connectivity index (χ0v) is 17.2. The van der Waals surface area contributed by atoms with Crippen molar-refractivity contribution in [1.29, 1.82) is 0 Å². The van der Waals surface area contributed by atoms with Gasteiger partial charge in [-0.15, -0.1) is 0 Å². The van der Waals surface area contributed by atoms with Crippen LogP contribution in [0.2, 0.25) is 0 Å². The number of hydrogen-bond acceptors (Lipinski definition) is 0. The summed E-state index contributed by atoms with van der Waals surface area (Å²) >= 11 is 0. The zero-order valence-electron chi connectivity index (χ0n) is 17.2. The van der Waals surface area contributed by atoms with Gasteiger partial charge in [0, 0.05) is 5.56 Å². The van der Waals surface area contributed by atoms with E-state index in [1.54, 1.807) is 0 Å². The van der Waals surface area contributed by atoms with Crippen LogP contribution in [0.15, 0.2) is 30.8 Å². The minimum Gasteiger partial charge on any atom is -0.295 e. The monoisotopic (exact) mass is 344 g/mol. The van der Waals surface area contributed by atoms with Gasteiger partial charge in [-0.1, -0.05) is 95.9 Å². The van der Waals surface area contributed by atoms with Gasteiger partial charge in [0.05, 0.1) is 20.6 Å². The fourth-order valence-electron chi connectivity index (χ4n) is 3.68. The van der Waals surface area contributed by atoms with E-state index in [1.165, 1.54) is 94.8 Å². The summed E-state index contributed by atoms with van der Waals surface area (Å²) in [5.41, 5.74) is 2.66. The summed E-state index contributed by atoms with van der Waals surface area (Å²) in [5, 5.41) is 0. The lowest BCUT2D eigenvalue weighted by Gasteiger charge is -2.30. The molecule has 0 spiro atoms. The Hall–Kier alpha value is -1.08. The van der Waals surface area contributed by atoms with E-state index >= 15 is 0 Å². The van der Waals surface area contributed by atoms with E-state index in [-0.39, 0.29) is 0 Å². The molecule has 142 valence electrons. The Labute approximate surface area is 157 Å². The summed E-state index contributed by atoms with van der Waals surface area (Å²) < 4.78 is 0.958. The molecular weight excluding hydrogens is 302 g/mol. The Kier molecular flexibility index (Phi) is 11.6. The Morgan fingerprint density at radius 3 is 1.76 bits per heavy atom. The standard InChI is InChI=1S/C24H42N/c1-5-7-8-9-10-11-12-13-14-15-16-19-22-25(3,4)24-21-18-17-20-23(24)6-2/h6,17-18,20-21H,2,5,7-16,19,22H2,1,3-4H3/q+1. The molecule has 0 radical (unpaired) electrons. The first-order valence-electron chi connectivity index (χ1n) is 10.7. The van der Waals surface area contributed by atoms with Crippen LogP contribution in [0.1, 0.15) is 89.5 Å². The second kappa shape index (κ2) is 13.2. The molecule has 0 bridgehead atoms. The molecular formula is C24H42N+.